The van der Waals surface area contributed by atoms with E-state index in [0.717, 1.165) is 37.3 Å². The van der Waals surface area contributed by atoms with E-state index in [0.29, 0.717) is 38.0 Å². The number of piperidine rings is 1. The third-order valence-corrected chi connectivity index (χ3v) is 5.38. The van der Waals surface area contributed by atoms with Crippen LogP contribution in [-0.2, 0) is 11.3 Å². The maximum Gasteiger partial charge on any atom is 0.274 e. The lowest BCUT2D eigenvalue weighted by Gasteiger charge is -2.32. The minimum Gasteiger partial charge on any atom is -0.373 e. The summed E-state index contributed by atoms with van der Waals surface area (Å²) in [6, 6.07) is 4.23. The van der Waals surface area contributed by atoms with Crippen LogP contribution < -0.4 is 5.32 Å². The summed E-state index contributed by atoms with van der Waals surface area (Å²) >= 11 is 0. The van der Waals surface area contributed by atoms with Crippen molar-refractivity contribution in [2.75, 3.05) is 32.8 Å². The van der Waals surface area contributed by atoms with Gasteiger partial charge in [0.1, 0.15) is 5.69 Å². The van der Waals surface area contributed by atoms with Crippen LogP contribution in [0.3, 0.4) is 0 Å². The zero-order valence-electron chi connectivity index (χ0n) is 16.1. The summed E-state index contributed by atoms with van der Waals surface area (Å²) in [5.41, 5.74) is 2.63. The van der Waals surface area contributed by atoms with Gasteiger partial charge in [-0.1, -0.05) is 0 Å². The van der Waals surface area contributed by atoms with Crippen molar-refractivity contribution >= 4 is 5.91 Å². The van der Waals surface area contributed by atoms with E-state index in [1.165, 1.54) is 0 Å². The average Bonchev–Trinajstić information content (AvgIpc) is 3.29. The van der Waals surface area contributed by atoms with Crippen LogP contribution >= 0.6 is 0 Å². The van der Waals surface area contributed by atoms with Crippen molar-refractivity contribution in [2.24, 2.45) is 0 Å². The second kappa shape index (κ2) is 7.82. The molecule has 2 aromatic rings. The Morgan fingerprint density at radius 1 is 1.37 bits per heavy atom. The van der Waals surface area contributed by atoms with Crippen LogP contribution in [0.4, 0.5) is 0 Å². The number of ether oxygens (including phenoxy) is 1. The van der Waals surface area contributed by atoms with Crippen molar-refractivity contribution in [2.45, 2.75) is 45.4 Å². The predicted molar refractivity (Wildman–Crippen MR) is 101 cm³/mol. The van der Waals surface area contributed by atoms with Crippen molar-refractivity contribution in [3.63, 3.8) is 0 Å². The van der Waals surface area contributed by atoms with Gasteiger partial charge in [-0.15, -0.1) is 0 Å². The SMILES string of the molecule is Cc1cc(C)n(CC2CN(C(=O)c3ccn(C4CCCNC4)n3)CCO2)n1. The van der Waals surface area contributed by atoms with E-state index in [-0.39, 0.29) is 12.0 Å². The maximum absolute atomic E-state index is 12.9. The van der Waals surface area contributed by atoms with Crippen molar-refractivity contribution in [1.29, 1.82) is 0 Å². The number of aryl methyl sites for hydroxylation is 2. The fraction of sp³-hybridized carbons (Fsp3) is 0.632. The first-order chi connectivity index (χ1) is 13.1. The number of nitrogens with one attached hydrogen (secondary N) is 1. The molecule has 8 heteroatoms. The molecule has 146 valence electrons. The molecule has 8 nitrogen and oxygen atoms in total. The minimum atomic E-state index is -0.0506. The van der Waals surface area contributed by atoms with Crippen LogP contribution in [0, 0.1) is 13.8 Å². The van der Waals surface area contributed by atoms with Crippen LogP contribution in [0.2, 0.25) is 0 Å². The van der Waals surface area contributed by atoms with Crippen molar-refractivity contribution < 1.29 is 9.53 Å². The Morgan fingerprint density at radius 3 is 3.00 bits per heavy atom. The molecule has 0 saturated carbocycles. The van der Waals surface area contributed by atoms with Gasteiger partial charge in [0, 0.05) is 31.5 Å². The second-order valence-corrected chi connectivity index (χ2v) is 7.53. The molecule has 2 unspecified atom stereocenters. The topological polar surface area (TPSA) is 77.2 Å². The third-order valence-electron chi connectivity index (χ3n) is 5.38. The van der Waals surface area contributed by atoms with Gasteiger partial charge in [-0.2, -0.15) is 10.2 Å². The van der Waals surface area contributed by atoms with E-state index >= 15 is 0 Å². The molecule has 0 aliphatic carbocycles. The van der Waals surface area contributed by atoms with Gasteiger partial charge in [0.25, 0.3) is 5.91 Å². The molecule has 2 atom stereocenters. The Kier molecular flexibility index (Phi) is 5.27. The monoisotopic (exact) mass is 372 g/mol. The highest BCUT2D eigenvalue weighted by Gasteiger charge is 2.27. The van der Waals surface area contributed by atoms with Crippen LogP contribution in [0.5, 0.6) is 0 Å². The summed E-state index contributed by atoms with van der Waals surface area (Å²) in [6.07, 6.45) is 4.12. The first kappa shape index (κ1) is 18.2. The van der Waals surface area contributed by atoms with Crippen molar-refractivity contribution in [1.82, 2.24) is 29.8 Å². The third kappa shape index (κ3) is 4.06. The number of nitrogens with zero attached hydrogens (tertiary/aromatic N) is 5. The van der Waals surface area contributed by atoms with E-state index in [1.54, 1.807) is 0 Å². The normalized spacial score (nSPS) is 23.6. The van der Waals surface area contributed by atoms with Gasteiger partial charge < -0.3 is 15.0 Å². The van der Waals surface area contributed by atoms with Gasteiger partial charge in [-0.3, -0.25) is 14.2 Å². The molecular formula is C19H28N6O2. The second-order valence-electron chi connectivity index (χ2n) is 7.53. The van der Waals surface area contributed by atoms with E-state index in [9.17, 15) is 4.79 Å². The molecule has 2 aromatic heterocycles. The van der Waals surface area contributed by atoms with E-state index in [4.69, 9.17) is 4.74 Å². The highest BCUT2D eigenvalue weighted by Crippen LogP contribution is 2.17. The van der Waals surface area contributed by atoms with Crippen LogP contribution in [-0.4, -0.2) is 69.3 Å². The molecular weight excluding hydrogens is 344 g/mol. The highest BCUT2D eigenvalue weighted by atomic mass is 16.5. The number of morpholine rings is 1. The van der Waals surface area contributed by atoms with Crippen LogP contribution in [0.25, 0.3) is 0 Å². The fourth-order valence-corrected chi connectivity index (χ4v) is 3.94. The molecule has 1 N–H and O–H groups in total. The Bertz CT molecular complexity index is 792. The van der Waals surface area contributed by atoms with Gasteiger partial charge in [0.2, 0.25) is 0 Å². The molecule has 4 rings (SSSR count). The lowest BCUT2D eigenvalue weighted by Crippen LogP contribution is -2.47. The standard InChI is InChI=1S/C19H28N6O2/c1-14-10-15(2)25(21-14)13-17-12-23(8-9-27-17)19(26)18-5-7-24(22-18)16-4-3-6-20-11-16/h5,7,10,16-17,20H,3-4,6,8-9,11-13H2,1-2H3. The van der Waals surface area contributed by atoms with Crippen LogP contribution in [0.15, 0.2) is 18.3 Å². The van der Waals surface area contributed by atoms with E-state index in [1.807, 2.05) is 40.4 Å². The molecule has 2 aliphatic heterocycles. The Morgan fingerprint density at radius 2 is 2.26 bits per heavy atom. The molecule has 4 heterocycles. The molecule has 0 bridgehead atoms. The Balaban J connectivity index is 1.39. The van der Waals surface area contributed by atoms with Crippen molar-refractivity contribution in [3.8, 4) is 0 Å². The molecule has 2 fully saturated rings. The number of hydrogen-bond donors (Lipinski definition) is 1. The summed E-state index contributed by atoms with van der Waals surface area (Å²) in [5.74, 6) is -0.0146. The number of amides is 1. The summed E-state index contributed by atoms with van der Waals surface area (Å²) in [5, 5.41) is 12.5. The molecule has 0 radical (unpaired) electrons. The number of carbonyl (C=O) groups is 1. The number of carbonyl (C=O) groups excluding carboxylic acids is 1. The van der Waals surface area contributed by atoms with E-state index in [2.05, 4.69) is 21.6 Å². The van der Waals surface area contributed by atoms with Gasteiger partial charge in [0.05, 0.1) is 31.0 Å². The predicted octanol–water partition coefficient (Wildman–Crippen LogP) is 1.16. The quantitative estimate of drug-likeness (QED) is 0.872. The molecule has 0 aromatic carbocycles. The summed E-state index contributed by atoms with van der Waals surface area (Å²) in [7, 11) is 0. The molecule has 2 aliphatic rings. The van der Waals surface area contributed by atoms with E-state index < -0.39 is 0 Å². The smallest absolute Gasteiger partial charge is 0.274 e. The van der Waals surface area contributed by atoms with Crippen LogP contribution in [0.1, 0.15) is 40.8 Å². The first-order valence-corrected chi connectivity index (χ1v) is 9.78. The minimum absolute atomic E-state index is 0.0146. The number of rotatable bonds is 4. The van der Waals surface area contributed by atoms with Gasteiger partial charge in [-0.25, -0.2) is 0 Å². The molecule has 0 spiro atoms. The largest absolute Gasteiger partial charge is 0.373 e. The van der Waals surface area contributed by atoms with Gasteiger partial charge in [-0.05, 0) is 45.4 Å². The lowest BCUT2D eigenvalue weighted by molar-refractivity contribution is -0.0304. The average molecular weight is 372 g/mol. The first-order valence-electron chi connectivity index (χ1n) is 9.78. The summed E-state index contributed by atoms with van der Waals surface area (Å²) in [4.78, 5) is 14.8. The number of aromatic nitrogens is 4. The van der Waals surface area contributed by atoms with Gasteiger partial charge in [0.15, 0.2) is 0 Å². The fourth-order valence-electron chi connectivity index (χ4n) is 3.94. The highest BCUT2D eigenvalue weighted by molar-refractivity contribution is 5.92. The Labute approximate surface area is 159 Å². The summed E-state index contributed by atoms with van der Waals surface area (Å²) in [6.45, 7) is 8.37. The van der Waals surface area contributed by atoms with Gasteiger partial charge >= 0.3 is 0 Å². The number of hydrogen-bond acceptors (Lipinski definition) is 5. The maximum atomic E-state index is 12.9. The zero-order valence-corrected chi connectivity index (χ0v) is 16.1. The lowest BCUT2D eigenvalue weighted by atomic mass is 10.1. The molecule has 1 amide bonds. The Hall–Kier alpha value is -2.19. The molecule has 27 heavy (non-hydrogen) atoms. The van der Waals surface area contributed by atoms with Crippen molar-refractivity contribution in [3.05, 3.63) is 35.4 Å². The zero-order chi connectivity index (χ0) is 18.8. The molecule has 2 saturated heterocycles. The summed E-state index contributed by atoms with van der Waals surface area (Å²) < 4.78 is 9.77.